The minimum Gasteiger partial charge on any atom is -0.348 e. The summed E-state index contributed by atoms with van der Waals surface area (Å²) in [5.74, 6) is -0.372. The lowest BCUT2D eigenvalue weighted by Gasteiger charge is -2.15. The van der Waals surface area contributed by atoms with Crippen LogP contribution in [0.25, 0.3) is 5.69 Å². The van der Waals surface area contributed by atoms with Crippen LogP contribution in [0.1, 0.15) is 59.8 Å². The average Bonchev–Trinajstić information content (AvgIpc) is 3.43. The fourth-order valence-corrected chi connectivity index (χ4v) is 4.12. The molecule has 1 fully saturated rings. The van der Waals surface area contributed by atoms with E-state index in [1.807, 2.05) is 13.8 Å². The lowest BCUT2D eigenvalue weighted by molar-refractivity contribution is 0.0949. The van der Waals surface area contributed by atoms with Crippen LogP contribution in [0.2, 0.25) is 0 Å². The molecule has 0 saturated carbocycles. The number of halogens is 1. The third-order valence-corrected chi connectivity index (χ3v) is 5.75. The number of rotatable bonds is 7. The summed E-state index contributed by atoms with van der Waals surface area (Å²) in [6.07, 6.45) is 4.17. The number of nitrogens with one attached hydrogen (secondary N) is 1. The molecule has 31 heavy (non-hydrogen) atoms. The Labute approximate surface area is 182 Å². The van der Waals surface area contributed by atoms with E-state index in [4.69, 9.17) is 0 Å². The number of carbonyl (C=O) groups excluding carboxylic acids is 1. The summed E-state index contributed by atoms with van der Waals surface area (Å²) in [5, 5.41) is 7.42. The van der Waals surface area contributed by atoms with Crippen LogP contribution in [0.5, 0.6) is 0 Å². The van der Waals surface area contributed by atoms with Gasteiger partial charge < -0.3 is 5.32 Å². The second-order valence-corrected chi connectivity index (χ2v) is 8.47. The zero-order chi connectivity index (χ0) is 21.8. The number of aromatic nitrogens is 2. The van der Waals surface area contributed by atoms with E-state index in [2.05, 4.69) is 39.6 Å². The van der Waals surface area contributed by atoms with Crippen LogP contribution in [-0.4, -0.2) is 33.7 Å². The van der Waals surface area contributed by atoms with Crippen molar-refractivity contribution in [3.05, 3.63) is 82.9 Å². The van der Waals surface area contributed by atoms with Gasteiger partial charge in [-0.1, -0.05) is 38.1 Å². The van der Waals surface area contributed by atoms with E-state index in [0.29, 0.717) is 12.1 Å². The van der Waals surface area contributed by atoms with Crippen molar-refractivity contribution in [3.63, 3.8) is 0 Å². The molecular formula is C25H29FN4O. The molecule has 0 atom stereocenters. The number of amides is 1. The van der Waals surface area contributed by atoms with Crippen LogP contribution in [0.4, 0.5) is 4.39 Å². The molecule has 0 spiro atoms. The first-order chi connectivity index (χ1) is 15.0. The van der Waals surface area contributed by atoms with Gasteiger partial charge in [0.25, 0.3) is 5.91 Å². The monoisotopic (exact) mass is 420 g/mol. The number of benzene rings is 2. The number of nitrogens with zero attached hydrogens (tertiary/aromatic N) is 3. The molecule has 1 aliphatic rings. The third-order valence-electron chi connectivity index (χ3n) is 5.75. The molecule has 5 nitrogen and oxygen atoms in total. The number of carbonyl (C=O) groups is 1. The van der Waals surface area contributed by atoms with Crippen molar-refractivity contribution in [3.8, 4) is 5.69 Å². The molecule has 2 heterocycles. The highest BCUT2D eigenvalue weighted by Crippen LogP contribution is 2.23. The Morgan fingerprint density at radius 3 is 2.32 bits per heavy atom. The molecule has 4 rings (SSSR count). The van der Waals surface area contributed by atoms with Crippen LogP contribution in [0.15, 0.2) is 54.7 Å². The minimum atomic E-state index is -0.300. The molecule has 0 radical (unpaired) electrons. The molecule has 162 valence electrons. The van der Waals surface area contributed by atoms with E-state index in [9.17, 15) is 9.18 Å². The van der Waals surface area contributed by atoms with Crippen LogP contribution < -0.4 is 5.32 Å². The number of hydrogen-bond acceptors (Lipinski definition) is 3. The van der Waals surface area contributed by atoms with Gasteiger partial charge in [-0.2, -0.15) is 5.10 Å². The molecule has 0 bridgehead atoms. The first-order valence-electron chi connectivity index (χ1n) is 10.9. The van der Waals surface area contributed by atoms with Gasteiger partial charge in [-0.15, -0.1) is 0 Å². The van der Waals surface area contributed by atoms with E-state index in [0.717, 1.165) is 23.5 Å². The van der Waals surface area contributed by atoms with Gasteiger partial charge in [0.05, 0.1) is 23.1 Å². The molecule has 1 aromatic heterocycles. The lowest BCUT2D eigenvalue weighted by atomic mass is 10.0. The van der Waals surface area contributed by atoms with E-state index in [-0.39, 0.29) is 17.6 Å². The summed E-state index contributed by atoms with van der Waals surface area (Å²) in [7, 11) is 0. The highest BCUT2D eigenvalue weighted by molar-refractivity contribution is 5.95. The standard InChI is InChI=1S/C25H29FN4O/c1-18(2)24-23(16-28-30(24)22-11-9-21(26)10-12-22)25(31)27-15-19-5-7-20(8-6-19)17-29-13-3-4-14-29/h5-12,16,18H,3-4,13-15,17H2,1-2H3,(H,27,31). The molecule has 3 aromatic rings. The Morgan fingerprint density at radius 2 is 1.68 bits per heavy atom. The normalized spacial score (nSPS) is 14.3. The SMILES string of the molecule is CC(C)c1c(C(=O)NCc2ccc(CN3CCCC3)cc2)cnn1-c1ccc(F)cc1. The van der Waals surface area contributed by atoms with Gasteiger partial charge in [0.1, 0.15) is 5.82 Å². The van der Waals surface area contributed by atoms with Crippen molar-refractivity contribution in [2.24, 2.45) is 0 Å². The fraction of sp³-hybridized carbons (Fsp3) is 0.360. The Bertz CT molecular complexity index is 1020. The molecular weight excluding hydrogens is 391 g/mol. The second kappa shape index (κ2) is 9.43. The zero-order valence-electron chi connectivity index (χ0n) is 18.1. The van der Waals surface area contributed by atoms with E-state index in [1.54, 1.807) is 23.0 Å². The highest BCUT2D eigenvalue weighted by atomic mass is 19.1. The van der Waals surface area contributed by atoms with Gasteiger partial charge in [-0.3, -0.25) is 9.69 Å². The molecule has 0 unspecified atom stereocenters. The van der Waals surface area contributed by atoms with Crippen LogP contribution in [0.3, 0.4) is 0 Å². The predicted octanol–water partition coefficient (Wildman–Crippen LogP) is 4.66. The van der Waals surface area contributed by atoms with Crippen molar-refractivity contribution in [2.75, 3.05) is 13.1 Å². The van der Waals surface area contributed by atoms with E-state index < -0.39 is 0 Å². The van der Waals surface area contributed by atoms with Gasteiger partial charge in [-0.05, 0) is 67.2 Å². The summed E-state index contributed by atoms with van der Waals surface area (Å²) >= 11 is 0. The molecule has 1 N–H and O–H groups in total. The van der Waals surface area contributed by atoms with Gasteiger partial charge >= 0.3 is 0 Å². The maximum atomic E-state index is 13.3. The Kier molecular flexibility index (Phi) is 6.47. The van der Waals surface area contributed by atoms with Crippen LogP contribution in [-0.2, 0) is 13.1 Å². The fourth-order valence-electron chi connectivity index (χ4n) is 4.12. The smallest absolute Gasteiger partial charge is 0.255 e. The summed E-state index contributed by atoms with van der Waals surface area (Å²) in [6, 6.07) is 14.6. The quantitative estimate of drug-likeness (QED) is 0.605. The summed E-state index contributed by atoms with van der Waals surface area (Å²) in [4.78, 5) is 15.4. The first-order valence-corrected chi connectivity index (χ1v) is 10.9. The third kappa shape index (κ3) is 5.02. The largest absolute Gasteiger partial charge is 0.348 e. The topological polar surface area (TPSA) is 50.2 Å². The predicted molar refractivity (Wildman–Crippen MR) is 120 cm³/mol. The Hall–Kier alpha value is -2.99. The lowest BCUT2D eigenvalue weighted by Crippen LogP contribution is -2.24. The molecule has 0 aliphatic carbocycles. The highest BCUT2D eigenvalue weighted by Gasteiger charge is 2.21. The van der Waals surface area contributed by atoms with Gasteiger partial charge in [0.2, 0.25) is 0 Å². The molecule has 1 aliphatic heterocycles. The first kappa shape index (κ1) is 21.2. The summed E-state index contributed by atoms with van der Waals surface area (Å²) in [6.45, 7) is 7.86. The van der Waals surface area contributed by atoms with E-state index in [1.165, 1.54) is 43.6 Å². The molecule has 2 aromatic carbocycles. The minimum absolute atomic E-state index is 0.0816. The number of hydrogen-bond donors (Lipinski definition) is 1. The maximum absolute atomic E-state index is 13.3. The molecule has 1 amide bonds. The number of likely N-dealkylation sites (tertiary alicyclic amines) is 1. The Balaban J connectivity index is 1.43. The van der Waals surface area contributed by atoms with Gasteiger partial charge in [-0.25, -0.2) is 9.07 Å². The van der Waals surface area contributed by atoms with E-state index >= 15 is 0 Å². The van der Waals surface area contributed by atoms with Crippen molar-refractivity contribution in [1.29, 1.82) is 0 Å². The summed E-state index contributed by atoms with van der Waals surface area (Å²) < 4.78 is 15.0. The van der Waals surface area contributed by atoms with Crippen molar-refractivity contribution < 1.29 is 9.18 Å². The van der Waals surface area contributed by atoms with Gasteiger partial charge in [0, 0.05) is 13.1 Å². The zero-order valence-corrected chi connectivity index (χ0v) is 18.1. The van der Waals surface area contributed by atoms with Crippen molar-refractivity contribution in [2.45, 2.75) is 45.7 Å². The Morgan fingerprint density at radius 1 is 1.03 bits per heavy atom. The average molecular weight is 421 g/mol. The molecule has 1 saturated heterocycles. The van der Waals surface area contributed by atoms with Crippen LogP contribution in [0, 0.1) is 5.82 Å². The second-order valence-electron chi connectivity index (χ2n) is 8.47. The maximum Gasteiger partial charge on any atom is 0.255 e. The van der Waals surface area contributed by atoms with Crippen molar-refractivity contribution >= 4 is 5.91 Å². The summed E-state index contributed by atoms with van der Waals surface area (Å²) in [5.41, 5.74) is 4.46. The van der Waals surface area contributed by atoms with Crippen LogP contribution >= 0.6 is 0 Å². The van der Waals surface area contributed by atoms with Gasteiger partial charge in [0.15, 0.2) is 0 Å². The van der Waals surface area contributed by atoms with Crippen molar-refractivity contribution in [1.82, 2.24) is 20.0 Å². The molecule has 6 heteroatoms.